The molecule has 0 aliphatic carbocycles. The maximum absolute atomic E-state index is 12.4. The third-order valence-corrected chi connectivity index (χ3v) is 4.34. The van der Waals surface area contributed by atoms with Gasteiger partial charge >= 0.3 is 0 Å². The summed E-state index contributed by atoms with van der Waals surface area (Å²) in [7, 11) is 0. The molecule has 0 saturated heterocycles. The summed E-state index contributed by atoms with van der Waals surface area (Å²) in [6, 6.07) is 17.6. The fourth-order valence-corrected chi connectivity index (χ4v) is 3.11. The van der Waals surface area contributed by atoms with Crippen LogP contribution in [-0.4, -0.2) is 23.3 Å². The van der Waals surface area contributed by atoms with Gasteiger partial charge in [0.25, 0.3) is 0 Å². The van der Waals surface area contributed by atoms with Crippen LogP contribution in [0.3, 0.4) is 0 Å². The number of carbonyl (C=O) groups excluding carboxylic acids is 1. The number of hydrogen-bond donors (Lipinski definition) is 1. The van der Waals surface area contributed by atoms with Crippen LogP contribution >= 0.6 is 11.8 Å². The van der Waals surface area contributed by atoms with Crippen molar-refractivity contribution in [2.45, 2.75) is 19.3 Å². The van der Waals surface area contributed by atoms with Crippen LogP contribution in [0.4, 0.5) is 5.69 Å². The molecule has 0 aliphatic heterocycles. The van der Waals surface area contributed by atoms with Gasteiger partial charge in [-0.25, -0.2) is 0 Å². The fourth-order valence-electron chi connectivity index (χ4n) is 2.26. The zero-order valence-electron chi connectivity index (χ0n) is 12.7. The number of rotatable bonds is 7. The molecular formula is C18H21NO2S. The first-order valence-corrected chi connectivity index (χ1v) is 8.52. The highest BCUT2D eigenvalue weighted by molar-refractivity contribution is 7.99. The van der Waals surface area contributed by atoms with Crippen molar-refractivity contribution in [3.05, 3.63) is 65.7 Å². The minimum atomic E-state index is 0.0507. The minimum absolute atomic E-state index is 0.0507. The molecule has 0 unspecified atom stereocenters. The molecule has 0 bridgehead atoms. The van der Waals surface area contributed by atoms with E-state index in [0.29, 0.717) is 12.3 Å². The third kappa shape index (κ3) is 4.61. The van der Waals surface area contributed by atoms with E-state index in [1.54, 1.807) is 16.7 Å². The largest absolute Gasteiger partial charge is 0.392 e. The van der Waals surface area contributed by atoms with Crippen molar-refractivity contribution >= 4 is 23.4 Å². The number of amides is 1. The van der Waals surface area contributed by atoms with Crippen molar-refractivity contribution in [2.24, 2.45) is 0 Å². The normalized spacial score (nSPS) is 10.5. The van der Waals surface area contributed by atoms with E-state index in [1.807, 2.05) is 61.5 Å². The molecule has 2 aromatic rings. The predicted molar refractivity (Wildman–Crippen MR) is 93.0 cm³/mol. The first-order chi connectivity index (χ1) is 10.7. The number of aliphatic hydroxyl groups excluding tert-OH is 1. The van der Waals surface area contributed by atoms with Gasteiger partial charge in [-0.3, -0.25) is 4.79 Å². The molecule has 4 heteroatoms. The Morgan fingerprint density at radius 1 is 1.09 bits per heavy atom. The lowest BCUT2D eigenvalue weighted by Crippen LogP contribution is -2.32. The molecule has 0 spiro atoms. The van der Waals surface area contributed by atoms with Crippen LogP contribution in [0.25, 0.3) is 0 Å². The quantitative estimate of drug-likeness (QED) is 0.850. The lowest BCUT2D eigenvalue weighted by atomic mass is 10.1. The van der Waals surface area contributed by atoms with Gasteiger partial charge in [0.15, 0.2) is 0 Å². The molecule has 2 aromatic carbocycles. The van der Waals surface area contributed by atoms with Crippen LogP contribution in [0.15, 0.2) is 54.6 Å². The lowest BCUT2D eigenvalue weighted by molar-refractivity contribution is -0.116. The maximum atomic E-state index is 12.4. The second-order valence-corrected chi connectivity index (χ2v) is 5.93. The predicted octanol–water partition coefficient (Wildman–Crippen LogP) is 3.47. The van der Waals surface area contributed by atoms with E-state index in [9.17, 15) is 4.79 Å². The van der Waals surface area contributed by atoms with Crippen molar-refractivity contribution in [1.82, 2.24) is 0 Å². The first kappa shape index (κ1) is 16.6. The Morgan fingerprint density at radius 2 is 1.82 bits per heavy atom. The number of benzene rings is 2. The number of hydrogen-bond acceptors (Lipinski definition) is 3. The van der Waals surface area contributed by atoms with Gasteiger partial charge in [-0.15, -0.1) is 11.8 Å². The molecular weight excluding hydrogens is 294 g/mol. The Bertz CT molecular complexity index is 601. The molecule has 0 aromatic heterocycles. The fraction of sp³-hybridized carbons (Fsp3) is 0.278. The van der Waals surface area contributed by atoms with E-state index in [4.69, 9.17) is 5.11 Å². The lowest BCUT2D eigenvalue weighted by Gasteiger charge is -2.20. The van der Waals surface area contributed by atoms with Crippen LogP contribution in [0.1, 0.15) is 18.1 Å². The summed E-state index contributed by atoms with van der Waals surface area (Å²) in [5.74, 6) is 1.34. The molecule has 116 valence electrons. The number of carbonyl (C=O) groups is 1. The Kier molecular flexibility index (Phi) is 6.49. The summed E-state index contributed by atoms with van der Waals surface area (Å²) in [6.07, 6.45) is 0. The van der Waals surface area contributed by atoms with Crippen molar-refractivity contribution < 1.29 is 9.90 Å². The summed E-state index contributed by atoms with van der Waals surface area (Å²) in [5.41, 5.74) is 2.98. The molecule has 0 saturated carbocycles. The van der Waals surface area contributed by atoms with Gasteiger partial charge in [-0.2, -0.15) is 0 Å². The Labute approximate surface area is 136 Å². The van der Waals surface area contributed by atoms with Crippen molar-refractivity contribution in [3.8, 4) is 0 Å². The number of thioether (sulfide) groups is 1. The first-order valence-electron chi connectivity index (χ1n) is 7.36. The van der Waals surface area contributed by atoms with Crippen molar-refractivity contribution in [3.63, 3.8) is 0 Å². The van der Waals surface area contributed by atoms with Gasteiger partial charge in [0.2, 0.25) is 5.91 Å². The molecule has 1 amide bonds. The Hall–Kier alpha value is -1.78. The highest BCUT2D eigenvalue weighted by Gasteiger charge is 2.13. The summed E-state index contributed by atoms with van der Waals surface area (Å²) in [6.45, 7) is 2.71. The summed E-state index contributed by atoms with van der Waals surface area (Å²) in [5, 5.41) is 9.14. The van der Waals surface area contributed by atoms with Crippen LogP contribution in [0.2, 0.25) is 0 Å². The molecule has 3 nitrogen and oxygen atoms in total. The second kappa shape index (κ2) is 8.61. The molecule has 2 rings (SSSR count). The van der Waals surface area contributed by atoms with Crippen LogP contribution in [0.5, 0.6) is 0 Å². The molecule has 1 N–H and O–H groups in total. The topological polar surface area (TPSA) is 40.5 Å². The monoisotopic (exact) mass is 315 g/mol. The summed E-state index contributed by atoms with van der Waals surface area (Å²) in [4.78, 5) is 14.2. The van der Waals surface area contributed by atoms with Gasteiger partial charge < -0.3 is 10.0 Å². The number of anilines is 1. The zero-order chi connectivity index (χ0) is 15.8. The average molecular weight is 315 g/mol. The minimum Gasteiger partial charge on any atom is -0.392 e. The molecule has 0 atom stereocenters. The molecule has 22 heavy (non-hydrogen) atoms. The molecule has 0 heterocycles. The van der Waals surface area contributed by atoms with Gasteiger partial charge in [-0.05, 0) is 30.2 Å². The van der Waals surface area contributed by atoms with E-state index in [0.717, 1.165) is 22.6 Å². The Morgan fingerprint density at radius 3 is 2.50 bits per heavy atom. The van der Waals surface area contributed by atoms with E-state index < -0.39 is 0 Å². The van der Waals surface area contributed by atoms with Crippen LogP contribution in [0, 0.1) is 0 Å². The van der Waals surface area contributed by atoms with E-state index in [-0.39, 0.29) is 12.5 Å². The van der Waals surface area contributed by atoms with E-state index in [2.05, 4.69) is 0 Å². The van der Waals surface area contributed by atoms with Crippen LogP contribution < -0.4 is 4.90 Å². The van der Waals surface area contributed by atoms with Gasteiger partial charge in [0.1, 0.15) is 0 Å². The van der Waals surface area contributed by atoms with Gasteiger partial charge in [0.05, 0.1) is 12.4 Å². The average Bonchev–Trinajstić information content (AvgIpc) is 2.57. The smallest absolute Gasteiger partial charge is 0.236 e. The van der Waals surface area contributed by atoms with E-state index >= 15 is 0 Å². The Balaban J connectivity index is 1.89. The van der Waals surface area contributed by atoms with Gasteiger partial charge in [0, 0.05) is 18.0 Å². The van der Waals surface area contributed by atoms with Crippen molar-refractivity contribution in [1.29, 1.82) is 0 Å². The summed E-state index contributed by atoms with van der Waals surface area (Å²) >= 11 is 1.60. The van der Waals surface area contributed by atoms with E-state index in [1.165, 1.54) is 0 Å². The molecule has 0 aliphatic rings. The highest BCUT2D eigenvalue weighted by atomic mass is 32.2. The summed E-state index contributed by atoms with van der Waals surface area (Å²) < 4.78 is 0. The SMILES string of the molecule is CCN(C(=O)CSCc1cccc(CO)c1)c1ccccc1. The number of para-hydroxylation sites is 1. The maximum Gasteiger partial charge on any atom is 0.236 e. The van der Waals surface area contributed by atoms with Crippen LogP contribution in [-0.2, 0) is 17.2 Å². The molecule has 0 radical (unpaired) electrons. The zero-order valence-corrected chi connectivity index (χ0v) is 13.6. The third-order valence-electron chi connectivity index (χ3n) is 3.35. The number of aliphatic hydroxyl groups is 1. The highest BCUT2D eigenvalue weighted by Crippen LogP contribution is 2.18. The number of nitrogens with zero attached hydrogens (tertiary/aromatic N) is 1. The molecule has 0 fully saturated rings. The second-order valence-electron chi connectivity index (χ2n) is 4.94. The van der Waals surface area contributed by atoms with Gasteiger partial charge in [-0.1, -0.05) is 42.5 Å². The standard InChI is InChI=1S/C18H21NO2S/c1-2-19(17-9-4-3-5-10-17)18(21)14-22-13-16-8-6-7-15(11-16)12-20/h3-11,20H,2,12-14H2,1H3. The van der Waals surface area contributed by atoms with Crippen molar-refractivity contribution in [2.75, 3.05) is 17.2 Å².